The van der Waals surface area contributed by atoms with Crippen molar-refractivity contribution in [2.45, 2.75) is 33.2 Å². The number of benzene rings is 1. The van der Waals surface area contributed by atoms with E-state index >= 15 is 0 Å². The van der Waals surface area contributed by atoms with E-state index in [4.69, 9.17) is 5.73 Å². The van der Waals surface area contributed by atoms with Crippen LogP contribution in [0.4, 0.5) is 4.39 Å². The van der Waals surface area contributed by atoms with E-state index in [9.17, 15) is 18.8 Å². The van der Waals surface area contributed by atoms with Gasteiger partial charge in [-0.15, -0.1) is 0 Å². The molecule has 6 nitrogen and oxygen atoms in total. The molecule has 0 bridgehead atoms. The molecule has 1 heterocycles. The highest BCUT2D eigenvalue weighted by atomic mass is 19.1. The second-order valence-electron chi connectivity index (χ2n) is 6.33. The fourth-order valence-electron chi connectivity index (χ4n) is 2.66. The summed E-state index contributed by atoms with van der Waals surface area (Å²) in [6.07, 6.45) is 1.56. The molecule has 138 valence electrons. The number of hydrogen-bond donors (Lipinski definition) is 1. The van der Waals surface area contributed by atoms with Crippen LogP contribution in [0, 0.1) is 12.7 Å². The van der Waals surface area contributed by atoms with Crippen molar-refractivity contribution in [1.29, 1.82) is 0 Å². The maximum absolute atomic E-state index is 13.1. The number of carbonyl (C=O) groups is 2. The quantitative estimate of drug-likeness (QED) is 0.856. The summed E-state index contributed by atoms with van der Waals surface area (Å²) in [5, 5.41) is 0. The number of rotatable bonds is 6. The molecule has 2 N–H and O–H groups in total. The molecule has 26 heavy (non-hydrogen) atoms. The predicted octanol–water partition coefficient (Wildman–Crippen LogP) is 2.01. The molecular weight excluding hydrogens is 337 g/mol. The number of aryl methyl sites for hydroxylation is 1. The van der Waals surface area contributed by atoms with E-state index in [1.54, 1.807) is 33.0 Å². The number of nitrogens with zero attached hydrogens (tertiary/aromatic N) is 2. The maximum Gasteiger partial charge on any atom is 0.268 e. The minimum atomic E-state index is -0.517. The number of amides is 2. The summed E-state index contributed by atoms with van der Waals surface area (Å²) in [5.74, 6) is -1.39. The monoisotopic (exact) mass is 359 g/mol. The van der Waals surface area contributed by atoms with E-state index in [-0.39, 0.29) is 24.6 Å². The van der Waals surface area contributed by atoms with Gasteiger partial charge in [-0.1, -0.05) is 0 Å². The molecule has 0 aliphatic carbocycles. The summed E-state index contributed by atoms with van der Waals surface area (Å²) >= 11 is 0. The Bertz CT molecular complexity index is 873. The lowest BCUT2D eigenvalue weighted by atomic mass is 10.1. The lowest BCUT2D eigenvalue weighted by molar-refractivity contribution is -0.118. The third-order valence-electron chi connectivity index (χ3n) is 4.10. The first-order valence-corrected chi connectivity index (χ1v) is 8.30. The van der Waals surface area contributed by atoms with E-state index < -0.39 is 23.2 Å². The van der Waals surface area contributed by atoms with Gasteiger partial charge in [0, 0.05) is 30.9 Å². The van der Waals surface area contributed by atoms with Crippen LogP contribution in [-0.2, 0) is 4.79 Å². The minimum absolute atomic E-state index is 0.0158. The van der Waals surface area contributed by atoms with Crippen LogP contribution in [-0.4, -0.2) is 33.9 Å². The van der Waals surface area contributed by atoms with Gasteiger partial charge in [-0.25, -0.2) is 4.39 Å². The van der Waals surface area contributed by atoms with Crippen molar-refractivity contribution in [3.8, 4) is 5.69 Å². The lowest BCUT2D eigenvalue weighted by Gasteiger charge is -2.27. The molecule has 0 fully saturated rings. The Kier molecular flexibility index (Phi) is 5.92. The maximum atomic E-state index is 13.1. The average molecular weight is 359 g/mol. The summed E-state index contributed by atoms with van der Waals surface area (Å²) < 4.78 is 14.4. The van der Waals surface area contributed by atoms with Gasteiger partial charge in [0.15, 0.2) is 0 Å². The van der Waals surface area contributed by atoms with Crippen molar-refractivity contribution in [3.05, 3.63) is 63.8 Å². The number of hydrogen-bond acceptors (Lipinski definition) is 3. The Labute approximate surface area is 151 Å². The standard InChI is InChI=1S/C19H22FN3O3/c1-12(2)22(11-9-16(21)24)18(25)17-13(3)8-10-23(19(17)26)15-6-4-14(20)5-7-15/h4-8,10,12H,9,11H2,1-3H3,(H2,21,24). The largest absolute Gasteiger partial charge is 0.370 e. The molecule has 0 atom stereocenters. The fourth-order valence-corrected chi connectivity index (χ4v) is 2.66. The molecule has 0 spiro atoms. The Morgan fingerprint density at radius 3 is 2.35 bits per heavy atom. The van der Waals surface area contributed by atoms with Gasteiger partial charge in [0.25, 0.3) is 11.5 Å². The first kappa shape index (κ1) is 19.4. The predicted molar refractivity (Wildman–Crippen MR) is 96.7 cm³/mol. The van der Waals surface area contributed by atoms with Crippen LogP contribution in [0.5, 0.6) is 0 Å². The van der Waals surface area contributed by atoms with Crippen molar-refractivity contribution in [2.75, 3.05) is 6.54 Å². The van der Waals surface area contributed by atoms with Crippen molar-refractivity contribution in [2.24, 2.45) is 5.73 Å². The van der Waals surface area contributed by atoms with Crippen molar-refractivity contribution < 1.29 is 14.0 Å². The van der Waals surface area contributed by atoms with Gasteiger partial charge in [-0.05, 0) is 56.7 Å². The van der Waals surface area contributed by atoms with Gasteiger partial charge in [-0.2, -0.15) is 0 Å². The summed E-state index contributed by atoms with van der Waals surface area (Å²) in [5.41, 5.74) is 5.70. The molecule has 0 aliphatic rings. The van der Waals surface area contributed by atoms with E-state index in [1.807, 2.05) is 0 Å². The van der Waals surface area contributed by atoms with Crippen LogP contribution >= 0.6 is 0 Å². The number of pyridine rings is 1. The van der Waals surface area contributed by atoms with Crippen molar-refractivity contribution in [1.82, 2.24) is 9.47 Å². The van der Waals surface area contributed by atoms with Gasteiger partial charge in [0.2, 0.25) is 5.91 Å². The molecule has 2 amide bonds. The highest BCUT2D eigenvalue weighted by Crippen LogP contribution is 2.13. The topological polar surface area (TPSA) is 85.4 Å². The van der Waals surface area contributed by atoms with Crippen LogP contribution in [0.15, 0.2) is 41.3 Å². The van der Waals surface area contributed by atoms with Crippen LogP contribution < -0.4 is 11.3 Å². The van der Waals surface area contributed by atoms with Gasteiger partial charge >= 0.3 is 0 Å². The van der Waals surface area contributed by atoms with Crippen molar-refractivity contribution in [3.63, 3.8) is 0 Å². The van der Waals surface area contributed by atoms with Crippen LogP contribution in [0.3, 0.4) is 0 Å². The first-order chi connectivity index (χ1) is 12.2. The van der Waals surface area contributed by atoms with Crippen molar-refractivity contribution >= 4 is 11.8 Å². The molecule has 7 heteroatoms. The first-order valence-electron chi connectivity index (χ1n) is 8.30. The van der Waals surface area contributed by atoms with Gasteiger partial charge in [0.1, 0.15) is 11.4 Å². The molecule has 0 radical (unpaired) electrons. The molecule has 0 aliphatic heterocycles. The summed E-state index contributed by atoms with van der Waals surface area (Å²) in [4.78, 5) is 38.4. The Morgan fingerprint density at radius 1 is 1.19 bits per heavy atom. The normalized spacial score (nSPS) is 10.8. The highest BCUT2D eigenvalue weighted by Gasteiger charge is 2.24. The number of aromatic nitrogens is 1. The van der Waals surface area contributed by atoms with E-state index in [1.165, 1.54) is 33.7 Å². The summed E-state index contributed by atoms with van der Waals surface area (Å²) in [6, 6.07) is 6.87. The Morgan fingerprint density at radius 2 is 1.81 bits per heavy atom. The van der Waals surface area contributed by atoms with Gasteiger partial charge < -0.3 is 10.6 Å². The molecule has 0 saturated carbocycles. The van der Waals surface area contributed by atoms with E-state index in [0.29, 0.717) is 11.3 Å². The molecular formula is C19H22FN3O3. The van der Waals surface area contributed by atoms with Crippen LogP contribution in [0.2, 0.25) is 0 Å². The zero-order valence-electron chi connectivity index (χ0n) is 15.0. The number of nitrogens with two attached hydrogens (primary N) is 1. The molecule has 1 aromatic carbocycles. The SMILES string of the molecule is Cc1ccn(-c2ccc(F)cc2)c(=O)c1C(=O)N(CCC(N)=O)C(C)C. The smallest absolute Gasteiger partial charge is 0.268 e. The van der Waals surface area contributed by atoms with Gasteiger partial charge in [0.05, 0.1) is 0 Å². The molecule has 2 aromatic rings. The fraction of sp³-hybridized carbons (Fsp3) is 0.316. The minimum Gasteiger partial charge on any atom is -0.370 e. The third-order valence-corrected chi connectivity index (χ3v) is 4.10. The Hall–Kier alpha value is -2.96. The number of carbonyl (C=O) groups excluding carboxylic acids is 2. The lowest BCUT2D eigenvalue weighted by Crippen LogP contribution is -2.42. The van der Waals surface area contributed by atoms with Gasteiger partial charge in [-0.3, -0.25) is 19.0 Å². The molecule has 0 saturated heterocycles. The van der Waals surface area contributed by atoms with Crippen LogP contribution in [0.1, 0.15) is 36.2 Å². The average Bonchev–Trinajstić information content (AvgIpc) is 2.55. The zero-order valence-corrected chi connectivity index (χ0v) is 15.0. The zero-order chi connectivity index (χ0) is 19.4. The summed E-state index contributed by atoms with van der Waals surface area (Å²) in [7, 11) is 0. The highest BCUT2D eigenvalue weighted by molar-refractivity contribution is 5.95. The second kappa shape index (κ2) is 7.95. The number of primary amides is 1. The van der Waals surface area contributed by atoms with Crippen LogP contribution in [0.25, 0.3) is 5.69 Å². The molecule has 1 aromatic heterocycles. The van der Waals surface area contributed by atoms with E-state index in [2.05, 4.69) is 0 Å². The second-order valence-corrected chi connectivity index (χ2v) is 6.33. The molecule has 0 unspecified atom stereocenters. The summed E-state index contributed by atoms with van der Waals surface area (Å²) in [6.45, 7) is 5.41. The number of halogens is 1. The Balaban J connectivity index is 2.49. The third kappa shape index (κ3) is 4.17. The van der Waals surface area contributed by atoms with E-state index in [0.717, 1.165) is 0 Å². The molecule has 2 rings (SSSR count).